The highest BCUT2D eigenvalue weighted by Gasteiger charge is 2.36. The van der Waals surface area contributed by atoms with Gasteiger partial charge in [-0.1, -0.05) is 50.2 Å². The first-order chi connectivity index (χ1) is 17.0. The Morgan fingerprint density at radius 1 is 0.886 bits per heavy atom. The van der Waals surface area contributed by atoms with Gasteiger partial charge >= 0.3 is 0 Å². The van der Waals surface area contributed by atoms with Gasteiger partial charge in [-0.3, -0.25) is 4.79 Å². The summed E-state index contributed by atoms with van der Waals surface area (Å²) in [6.45, 7) is 4.95. The first-order valence-electron chi connectivity index (χ1n) is 12.3. The second-order valence-electron chi connectivity index (χ2n) is 9.72. The van der Waals surface area contributed by atoms with Crippen LogP contribution in [0.5, 0.6) is 11.5 Å². The molecule has 5 nitrogen and oxygen atoms in total. The van der Waals surface area contributed by atoms with E-state index in [1.165, 1.54) is 0 Å². The maximum absolute atomic E-state index is 13.7. The summed E-state index contributed by atoms with van der Waals surface area (Å²) in [4.78, 5) is 13.7. The highest BCUT2D eigenvalue weighted by Crippen LogP contribution is 2.44. The Bertz CT molecular complexity index is 1250. The highest BCUT2D eigenvalue weighted by molar-refractivity contribution is 6.01. The standard InChI is InChI=1S/C30H32N2O3/c1-19(2)18-35-23-13-11-20(12-14-23)30-29-27(31-25-9-4-5-10-26(25)32-30)16-22(17-28(29)33)21-7-6-8-24(15-21)34-3/h4-15,19,22,30-32H,16-18H2,1-3H3. The van der Waals surface area contributed by atoms with Gasteiger partial charge in [0.05, 0.1) is 31.1 Å². The number of ether oxygens (including phenoxy) is 2. The first kappa shape index (κ1) is 23.0. The number of anilines is 2. The topological polar surface area (TPSA) is 59.6 Å². The van der Waals surface area contributed by atoms with Crippen LogP contribution in [0.15, 0.2) is 84.1 Å². The minimum Gasteiger partial charge on any atom is -0.497 e. The number of Topliss-reactive ketones (excluding diaryl/α,β-unsaturated/α-hetero) is 1. The van der Waals surface area contributed by atoms with Crippen LogP contribution < -0.4 is 20.1 Å². The molecule has 0 saturated carbocycles. The molecule has 0 aromatic heterocycles. The third-order valence-electron chi connectivity index (χ3n) is 6.67. The predicted molar refractivity (Wildman–Crippen MR) is 140 cm³/mol. The predicted octanol–water partition coefficient (Wildman–Crippen LogP) is 6.71. The Morgan fingerprint density at radius 3 is 2.40 bits per heavy atom. The fourth-order valence-corrected chi connectivity index (χ4v) is 4.89. The monoisotopic (exact) mass is 468 g/mol. The molecule has 1 aliphatic heterocycles. The molecule has 1 heterocycles. The van der Waals surface area contributed by atoms with Crippen LogP contribution in [0.1, 0.15) is 49.8 Å². The number of hydrogen-bond donors (Lipinski definition) is 2. The van der Waals surface area contributed by atoms with E-state index < -0.39 is 0 Å². The Hall–Kier alpha value is -3.73. The van der Waals surface area contributed by atoms with Gasteiger partial charge in [-0.25, -0.2) is 0 Å². The number of nitrogens with one attached hydrogen (secondary N) is 2. The van der Waals surface area contributed by atoms with Crippen molar-refractivity contribution in [3.05, 3.63) is 95.2 Å². The number of carbonyl (C=O) groups is 1. The quantitative estimate of drug-likeness (QED) is 0.421. The van der Waals surface area contributed by atoms with Crippen molar-refractivity contribution < 1.29 is 14.3 Å². The van der Waals surface area contributed by atoms with Gasteiger partial charge in [-0.2, -0.15) is 0 Å². The first-order valence-corrected chi connectivity index (χ1v) is 12.3. The Kier molecular flexibility index (Phi) is 6.49. The molecule has 2 aliphatic rings. The van der Waals surface area contributed by atoms with E-state index in [9.17, 15) is 4.79 Å². The lowest BCUT2D eigenvalue weighted by Gasteiger charge is -2.30. The van der Waals surface area contributed by atoms with Gasteiger partial charge in [-0.05, 0) is 65.8 Å². The van der Waals surface area contributed by atoms with Crippen LogP contribution in [0, 0.1) is 5.92 Å². The number of methoxy groups -OCH3 is 1. The van der Waals surface area contributed by atoms with Crippen LogP contribution in [-0.4, -0.2) is 19.5 Å². The SMILES string of the molecule is COc1cccc(C2CC(=O)C3=C(C2)Nc2ccccc2NC3c2ccc(OCC(C)C)cc2)c1. The van der Waals surface area contributed by atoms with Crippen LogP contribution in [0.4, 0.5) is 11.4 Å². The molecule has 1 aliphatic carbocycles. The van der Waals surface area contributed by atoms with Gasteiger partial charge in [0.25, 0.3) is 0 Å². The van der Waals surface area contributed by atoms with Crippen molar-refractivity contribution in [3.8, 4) is 11.5 Å². The van der Waals surface area contributed by atoms with E-state index in [4.69, 9.17) is 9.47 Å². The second kappa shape index (κ2) is 9.87. The molecule has 180 valence electrons. The normalized spacial score (nSPS) is 19.3. The Balaban J connectivity index is 1.51. The summed E-state index contributed by atoms with van der Waals surface area (Å²) in [6, 6.07) is 24.1. The fraction of sp³-hybridized carbons (Fsp3) is 0.300. The summed E-state index contributed by atoms with van der Waals surface area (Å²) >= 11 is 0. The number of fused-ring (bicyclic) bond motifs is 1. The minimum absolute atomic E-state index is 0.0987. The molecule has 0 saturated heterocycles. The molecule has 5 heteroatoms. The molecule has 2 atom stereocenters. The van der Waals surface area contributed by atoms with Gasteiger partial charge in [-0.15, -0.1) is 0 Å². The zero-order valence-electron chi connectivity index (χ0n) is 20.5. The summed E-state index contributed by atoms with van der Waals surface area (Å²) in [5.41, 5.74) is 5.94. The maximum atomic E-state index is 13.7. The van der Waals surface area contributed by atoms with Crippen LogP contribution in [0.2, 0.25) is 0 Å². The van der Waals surface area contributed by atoms with Crippen molar-refractivity contribution in [2.24, 2.45) is 5.92 Å². The summed E-state index contributed by atoms with van der Waals surface area (Å²) in [7, 11) is 1.67. The lowest BCUT2D eigenvalue weighted by molar-refractivity contribution is -0.116. The van der Waals surface area contributed by atoms with Gasteiger partial charge in [0.1, 0.15) is 11.5 Å². The number of carbonyl (C=O) groups excluding carboxylic acids is 1. The number of para-hydroxylation sites is 2. The van der Waals surface area contributed by atoms with E-state index in [1.54, 1.807) is 7.11 Å². The van der Waals surface area contributed by atoms with Crippen molar-refractivity contribution in [1.82, 2.24) is 0 Å². The summed E-state index contributed by atoms with van der Waals surface area (Å²) in [6.07, 6.45) is 1.23. The largest absolute Gasteiger partial charge is 0.497 e. The molecule has 0 spiro atoms. The number of allylic oxidation sites excluding steroid dienone is 1. The molecule has 3 aromatic carbocycles. The third kappa shape index (κ3) is 4.90. The van der Waals surface area contributed by atoms with Crippen molar-refractivity contribution in [2.45, 2.75) is 38.6 Å². The molecule has 3 aromatic rings. The zero-order chi connectivity index (χ0) is 24.4. The van der Waals surface area contributed by atoms with Crippen molar-refractivity contribution in [1.29, 1.82) is 0 Å². The Morgan fingerprint density at radius 2 is 1.66 bits per heavy atom. The molecule has 2 unspecified atom stereocenters. The summed E-state index contributed by atoms with van der Waals surface area (Å²) < 4.78 is 11.3. The molecular weight excluding hydrogens is 436 g/mol. The molecule has 0 fully saturated rings. The maximum Gasteiger partial charge on any atom is 0.163 e. The summed E-state index contributed by atoms with van der Waals surface area (Å²) in [5.74, 6) is 2.38. The Labute approximate surface area is 207 Å². The minimum atomic E-state index is -0.237. The van der Waals surface area contributed by atoms with Crippen LogP contribution in [0.25, 0.3) is 0 Å². The van der Waals surface area contributed by atoms with Crippen LogP contribution >= 0.6 is 0 Å². The number of ketones is 1. The van der Waals surface area contributed by atoms with Gasteiger partial charge in [0.2, 0.25) is 0 Å². The van der Waals surface area contributed by atoms with Crippen LogP contribution in [-0.2, 0) is 4.79 Å². The van der Waals surface area contributed by atoms with Crippen LogP contribution in [0.3, 0.4) is 0 Å². The average Bonchev–Trinajstić information content (AvgIpc) is 3.04. The smallest absolute Gasteiger partial charge is 0.163 e. The van der Waals surface area contributed by atoms with E-state index in [-0.39, 0.29) is 17.7 Å². The third-order valence-corrected chi connectivity index (χ3v) is 6.67. The van der Waals surface area contributed by atoms with Crippen molar-refractivity contribution in [3.63, 3.8) is 0 Å². The summed E-state index contributed by atoms with van der Waals surface area (Å²) in [5, 5.41) is 7.25. The number of benzene rings is 3. The number of rotatable bonds is 6. The van der Waals surface area contributed by atoms with Gasteiger partial charge < -0.3 is 20.1 Å². The molecule has 5 rings (SSSR count). The molecule has 35 heavy (non-hydrogen) atoms. The van der Waals surface area contributed by atoms with E-state index in [1.807, 2.05) is 42.5 Å². The molecule has 0 radical (unpaired) electrons. The molecule has 0 amide bonds. The molecule has 0 bridgehead atoms. The highest BCUT2D eigenvalue weighted by atomic mass is 16.5. The second-order valence-corrected chi connectivity index (χ2v) is 9.72. The van der Waals surface area contributed by atoms with E-state index in [0.717, 1.165) is 51.7 Å². The van der Waals surface area contributed by atoms with Crippen molar-refractivity contribution >= 4 is 17.2 Å². The lowest BCUT2D eigenvalue weighted by atomic mass is 9.78. The molecular formula is C30H32N2O3. The number of hydrogen-bond acceptors (Lipinski definition) is 5. The van der Waals surface area contributed by atoms with Gasteiger partial charge in [0.15, 0.2) is 5.78 Å². The lowest BCUT2D eigenvalue weighted by Crippen LogP contribution is -2.26. The fourth-order valence-electron chi connectivity index (χ4n) is 4.89. The van der Waals surface area contributed by atoms with Gasteiger partial charge in [0, 0.05) is 17.7 Å². The van der Waals surface area contributed by atoms with E-state index in [0.29, 0.717) is 18.9 Å². The van der Waals surface area contributed by atoms with E-state index >= 15 is 0 Å². The average molecular weight is 469 g/mol. The van der Waals surface area contributed by atoms with Crippen molar-refractivity contribution in [2.75, 3.05) is 24.4 Å². The zero-order valence-corrected chi connectivity index (χ0v) is 20.5. The van der Waals surface area contributed by atoms with E-state index in [2.05, 4.69) is 54.8 Å². The molecule has 2 N–H and O–H groups in total.